The standard InChI is InChI=1S/C17H19N3O2S/c1-11-3-5-13(6-4-11)8-20-9-14(7-15(20)21)16(22)19-17-18-12(2)10-23-17/h3-6,10,14H,7-9H2,1-2H3,(H,18,19,22). The second-order valence-electron chi connectivity index (χ2n) is 5.94. The molecular formula is C17H19N3O2S. The van der Waals surface area contributed by atoms with Gasteiger partial charge in [-0.3, -0.25) is 9.59 Å². The molecule has 1 aliphatic heterocycles. The molecule has 0 saturated carbocycles. The third-order valence-corrected chi connectivity index (χ3v) is 4.80. The van der Waals surface area contributed by atoms with Crippen molar-refractivity contribution in [2.45, 2.75) is 26.8 Å². The minimum Gasteiger partial charge on any atom is -0.338 e. The number of nitrogens with one attached hydrogen (secondary N) is 1. The second-order valence-corrected chi connectivity index (χ2v) is 6.80. The molecule has 6 heteroatoms. The van der Waals surface area contributed by atoms with Crippen molar-refractivity contribution in [2.24, 2.45) is 5.92 Å². The fraction of sp³-hybridized carbons (Fsp3) is 0.353. The van der Waals surface area contributed by atoms with Gasteiger partial charge in [0.1, 0.15) is 0 Å². The predicted octanol–water partition coefficient (Wildman–Crippen LogP) is 2.75. The molecule has 1 saturated heterocycles. The van der Waals surface area contributed by atoms with E-state index in [0.29, 0.717) is 18.2 Å². The molecule has 0 bridgehead atoms. The lowest BCUT2D eigenvalue weighted by Gasteiger charge is -2.16. The van der Waals surface area contributed by atoms with E-state index in [1.165, 1.54) is 16.9 Å². The smallest absolute Gasteiger partial charge is 0.231 e. The van der Waals surface area contributed by atoms with Gasteiger partial charge in [0.2, 0.25) is 11.8 Å². The highest BCUT2D eigenvalue weighted by Gasteiger charge is 2.34. The van der Waals surface area contributed by atoms with E-state index in [1.54, 1.807) is 4.90 Å². The van der Waals surface area contributed by atoms with E-state index in [2.05, 4.69) is 10.3 Å². The average molecular weight is 329 g/mol. The Kier molecular flexibility index (Phi) is 4.43. The van der Waals surface area contributed by atoms with Crippen molar-refractivity contribution >= 4 is 28.3 Å². The molecule has 23 heavy (non-hydrogen) atoms. The lowest BCUT2D eigenvalue weighted by atomic mass is 10.1. The number of anilines is 1. The molecule has 0 radical (unpaired) electrons. The Balaban J connectivity index is 1.60. The van der Waals surface area contributed by atoms with E-state index in [4.69, 9.17) is 0 Å². The maximum atomic E-state index is 12.3. The van der Waals surface area contributed by atoms with E-state index in [1.807, 2.05) is 43.5 Å². The molecule has 1 N–H and O–H groups in total. The summed E-state index contributed by atoms with van der Waals surface area (Å²) in [5.41, 5.74) is 3.16. The molecule has 1 unspecified atom stereocenters. The number of aromatic nitrogens is 1. The molecule has 0 aliphatic carbocycles. The Labute approximate surface area is 139 Å². The van der Waals surface area contributed by atoms with E-state index in [9.17, 15) is 9.59 Å². The lowest BCUT2D eigenvalue weighted by molar-refractivity contribution is -0.128. The summed E-state index contributed by atoms with van der Waals surface area (Å²) in [5.74, 6) is -0.405. The van der Waals surface area contributed by atoms with Gasteiger partial charge < -0.3 is 10.2 Å². The van der Waals surface area contributed by atoms with Gasteiger partial charge in [-0.2, -0.15) is 0 Å². The van der Waals surface area contributed by atoms with Crippen molar-refractivity contribution < 1.29 is 9.59 Å². The number of likely N-dealkylation sites (tertiary alicyclic amines) is 1. The zero-order valence-corrected chi connectivity index (χ0v) is 14.0. The zero-order chi connectivity index (χ0) is 16.4. The van der Waals surface area contributed by atoms with Gasteiger partial charge in [0.25, 0.3) is 0 Å². The van der Waals surface area contributed by atoms with Crippen LogP contribution in [-0.4, -0.2) is 28.2 Å². The first kappa shape index (κ1) is 15.7. The van der Waals surface area contributed by atoms with Crippen molar-refractivity contribution in [1.29, 1.82) is 0 Å². The van der Waals surface area contributed by atoms with Gasteiger partial charge >= 0.3 is 0 Å². The fourth-order valence-corrected chi connectivity index (χ4v) is 3.32. The maximum Gasteiger partial charge on any atom is 0.231 e. The van der Waals surface area contributed by atoms with Crippen molar-refractivity contribution in [1.82, 2.24) is 9.88 Å². The largest absolute Gasteiger partial charge is 0.338 e. The van der Waals surface area contributed by atoms with Crippen molar-refractivity contribution in [3.05, 3.63) is 46.5 Å². The van der Waals surface area contributed by atoms with Gasteiger partial charge in [-0.05, 0) is 19.4 Å². The van der Waals surface area contributed by atoms with Gasteiger partial charge in [0.15, 0.2) is 5.13 Å². The molecule has 1 aromatic carbocycles. The molecule has 1 fully saturated rings. The minimum absolute atomic E-state index is 0.0287. The van der Waals surface area contributed by atoms with Gasteiger partial charge in [-0.25, -0.2) is 4.98 Å². The van der Waals surface area contributed by atoms with Crippen LogP contribution < -0.4 is 5.32 Å². The first-order chi connectivity index (χ1) is 11.0. The summed E-state index contributed by atoms with van der Waals surface area (Å²) in [6, 6.07) is 8.11. The maximum absolute atomic E-state index is 12.3. The van der Waals surface area contributed by atoms with Crippen LogP contribution in [-0.2, 0) is 16.1 Å². The number of thiazole rings is 1. The van der Waals surface area contributed by atoms with Crippen molar-refractivity contribution in [2.75, 3.05) is 11.9 Å². The van der Waals surface area contributed by atoms with E-state index in [-0.39, 0.29) is 24.2 Å². The van der Waals surface area contributed by atoms with Crippen LogP contribution in [0.25, 0.3) is 0 Å². The molecule has 2 heterocycles. The number of hydrogen-bond acceptors (Lipinski definition) is 4. The van der Waals surface area contributed by atoms with Gasteiger partial charge in [0, 0.05) is 24.9 Å². The molecule has 120 valence electrons. The van der Waals surface area contributed by atoms with Gasteiger partial charge in [-0.15, -0.1) is 11.3 Å². The summed E-state index contributed by atoms with van der Waals surface area (Å²) in [6.45, 7) is 4.93. The van der Waals surface area contributed by atoms with Crippen LogP contribution in [0.1, 0.15) is 23.2 Å². The Morgan fingerprint density at radius 3 is 2.74 bits per heavy atom. The van der Waals surface area contributed by atoms with Crippen LogP contribution >= 0.6 is 11.3 Å². The Hall–Kier alpha value is -2.21. The van der Waals surface area contributed by atoms with Crippen LogP contribution in [0.3, 0.4) is 0 Å². The van der Waals surface area contributed by atoms with Gasteiger partial charge in [-0.1, -0.05) is 29.8 Å². The van der Waals surface area contributed by atoms with Crippen LogP contribution in [0.5, 0.6) is 0 Å². The molecule has 5 nitrogen and oxygen atoms in total. The number of hydrogen-bond donors (Lipinski definition) is 1. The summed E-state index contributed by atoms with van der Waals surface area (Å²) in [6.07, 6.45) is 0.266. The molecule has 1 aliphatic rings. The van der Waals surface area contributed by atoms with E-state index >= 15 is 0 Å². The number of carbonyl (C=O) groups is 2. The summed E-state index contributed by atoms with van der Waals surface area (Å²) in [4.78, 5) is 30.4. The van der Waals surface area contributed by atoms with Crippen molar-refractivity contribution in [3.8, 4) is 0 Å². The number of carbonyl (C=O) groups excluding carboxylic acids is 2. The highest BCUT2D eigenvalue weighted by molar-refractivity contribution is 7.13. The predicted molar refractivity (Wildman–Crippen MR) is 90.2 cm³/mol. The summed E-state index contributed by atoms with van der Waals surface area (Å²) in [5, 5.41) is 5.29. The Bertz CT molecular complexity index is 724. The van der Waals surface area contributed by atoms with E-state index in [0.717, 1.165) is 11.3 Å². The first-order valence-corrected chi connectivity index (χ1v) is 8.45. The number of benzene rings is 1. The molecule has 1 aromatic heterocycles. The second kappa shape index (κ2) is 6.50. The summed E-state index contributed by atoms with van der Waals surface area (Å²) >= 11 is 1.40. The number of nitrogens with zero attached hydrogens (tertiary/aromatic N) is 2. The molecular weight excluding hydrogens is 310 g/mol. The lowest BCUT2D eigenvalue weighted by Crippen LogP contribution is -2.28. The summed E-state index contributed by atoms with van der Waals surface area (Å²) < 4.78 is 0. The zero-order valence-electron chi connectivity index (χ0n) is 13.2. The number of rotatable bonds is 4. The third kappa shape index (κ3) is 3.76. The highest BCUT2D eigenvalue weighted by atomic mass is 32.1. The number of amides is 2. The molecule has 3 rings (SSSR count). The minimum atomic E-state index is -0.308. The quantitative estimate of drug-likeness (QED) is 0.938. The Morgan fingerprint density at radius 2 is 2.09 bits per heavy atom. The van der Waals surface area contributed by atoms with Crippen LogP contribution in [0.2, 0.25) is 0 Å². The van der Waals surface area contributed by atoms with Gasteiger partial charge in [0.05, 0.1) is 11.6 Å². The third-order valence-electron chi connectivity index (χ3n) is 3.93. The monoisotopic (exact) mass is 329 g/mol. The van der Waals surface area contributed by atoms with Crippen molar-refractivity contribution in [3.63, 3.8) is 0 Å². The molecule has 2 amide bonds. The Morgan fingerprint density at radius 1 is 1.35 bits per heavy atom. The van der Waals surface area contributed by atoms with Crippen LogP contribution in [0.15, 0.2) is 29.6 Å². The summed E-state index contributed by atoms with van der Waals surface area (Å²) in [7, 11) is 0. The SMILES string of the molecule is Cc1ccc(CN2CC(C(=O)Nc3nc(C)cs3)CC2=O)cc1. The van der Waals surface area contributed by atoms with Crippen LogP contribution in [0, 0.1) is 19.8 Å². The normalized spacial score (nSPS) is 17.6. The molecule has 2 aromatic rings. The number of aryl methyl sites for hydroxylation is 2. The van der Waals surface area contributed by atoms with Crippen LogP contribution in [0.4, 0.5) is 5.13 Å². The fourth-order valence-electron chi connectivity index (χ4n) is 2.63. The topological polar surface area (TPSA) is 62.3 Å². The first-order valence-electron chi connectivity index (χ1n) is 7.57. The molecule has 1 atom stereocenters. The highest BCUT2D eigenvalue weighted by Crippen LogP contribution is 2.23. The molecule has 0 spiro atoms. The average Bonchev–Trinajstić information content (AvgIpc) is 3.08. The van der Waals surface area contributed by atoms with E-state index < -0.39 is 0 Å².